The van der Waals surface area contributed by atoms with Gasteiger partial charge in [-0.2, -0.15) is 0 Å². The van der Waals surface area contributed by atoms with E-state index in [2.05, 4.69) is 0 Å². The van der Waals surface area contributed by atoms with Gasteiger partial charge in [0.25, 0.3) is 0 Å². The average Bonchev–Trinajstić information content (AvgIpc) is 2.26. The number of alkyl halides is 1. The molecular weight excluding hydrogens is 202 g/mol. The molecule has 0 bridgehead atoms. The number of ether oxygens (including phenoxy) is 1. The van der Waals surface area contributed by atoms with Crippen molar-refractivity contribution in [2.45, 2.75) is 11.9 Å². The molecule has 78 valence electrons. The topological polar surface area (TPSA) is 55.5 Å². The van der Waals surface area contributed by atoms with Gasteiger partial charge in [0.2, 0.25) is 0 Å². The van der Waals surface area contributed by atoms with Crippen molar-refractivity contribution in [2.75, 3.05) is 13.7 Å². The van der Waals surface area contributed by atoms with E-state index >= 15 is 0 Å². The fraction of sp³-hybridized carbons (Fsp3) is 0.400. The molecule has 4 heteroatoms. The summed E-state index contributed by atoms with van der Waals surface area (Å²) in [7, 11) is 1.59. The number of aliphatic hydroxyl groups is 1. The highest BCUT2D eigenvalue weighted by atomic mass is 35.5. The molecule has 1 rings (SSSR count). The highest BCUT2D eigenvalue weighted by Crippen LogP contribution is 2.23. The van der Waals surface area contributed by atoms with E-state index in [1.54, 1.807) is 7.11 Å². The van der Waals surface area contributed by atoms with E-state index in [0.717, 1.165) is 16.9 Å². The SMILES string of the molecule is COc1ccc([C@@H](N)CO)cc1CCl. The maximum atomic E-state index is 8.89. The molecule has 0 radical (unpaired) electrons. The Morgan fingerprint density at radius 2 is 2.29 bits per heavy atom. The molecule has 0 amide bonds. The molecule has 14 heavy (non-hydrogen) atoms. The Morgan fingerprint density at radius 3 is 2.79 bits per heavy atom. The molecule has 0 heterocycles. The summed E-state index contributed by atoms with van der Waals surface area (Å²) in [5.41, 5.74) is 7.43. The van der Waals surface area contributed by atoms with Crippen LogP contribution in [0.2, 0.25) is 0 Å². The minimum absolute atomic E-state index is 0.0753. The number of aliphatic hydroxyl groups excluding tert-OH is 1. The van der Waals surface area contributed by atoms with Gasteiger partial charge in [-0.1, -0.05) is 6.07 Å². The molecule has 0 unspecified atom stereocenters. The van der Waals surface area contributed by atoms with Crippen molar-refractivity contribution >= 4 is 11.6 Å². The molecule has 1 atom stereocenters. The Kier molecular flexibility index (Phi) is 4.20. The van der Waals surface area contributed by atoms with Crippen molar-refractivity contribution in [2.24, 2.45) is 5.73 Å². The van der Waals surface area contributed by atoms with Gasteiger partial charge >= 0.3 is 0 Å². The van der Waals surface area contributed by atoms with Crippen molar-refractivity contribution in [3.8, 4) is 5.75 Å². The molecule has 0 spiro atoms. The van der Waals surface area contributed by atoms with Crippen LogP contribution in [0.5, 0.6) is 5.75 Å². The van der Waals surface area contributed by atoms with Crippen LogP contribution >= 0.6 is 11.6 Å². The van der Waals surface area contributed by atoms with Gasteiger partial charge in [-0.15, -0.1) is 11.6 Å². The lowest BCUT2D eigenvalue weighted by Crippen LogP contribution is -2.14. The van der Waals surface area contributed by atoms with Crippen LogP contribution < -0.4 is 10.5 Å². The predicted octanol–water partition coefficient (Wildman–Crippen LogP) is 1.43. The highest BCUT2D eigenvalue weighted by molar-refractivity contribution is 6.17. The van der Waals surface area contributed by atoms with Gasteiger partial charge in [-0.3, -0.25) is 0 Å². The lowest BCUT2D eigenvalue weighted by atomic mass is 10.1. The molecule has 1 aromatic rings. The number of halogens is 1. The van der Waals surface area contributed by atoms with Gasteiger partial charge in [0, 0.05) is 5.56 Å². The summed E-state index contributed by atoms with van der Waals surface area (Å²) in [4.78, 5) is 0. The molecule has 1 aromatic carbocycles. The second kappa shape index (κ2) is 5.20. The first-order chi connectivity index (χ1) is 6.72. The van der Waals surface area contributed by atoms with Crippen LogP contribution in [0.25, 0.3) is 0 Å². The summed E-state index contributed by atoms with van der Waals surface area (Å²) in [6.45, 7) is -0.0753. The van der Waals surface area contributed by atoms with Crippen molar-refractivity contribution in [1.82, 2.24) is 0 Å². The minimum Gasteiger partial charge on any atom is -0.496 e. The van der Waals surface area contributed by atoms with E-state index in [0.29, 0.717) is 5.88 Å². The summed E-state index contributed by atoms with van der Waals surface area (Å²) in [6, 6.07) is 5.13. The minimum atomic E-state index is -0.358. The van der Waals surface area contributed by atoms with Crippen LogP contribution in [-0.2, 0) is 5.88 Å². The third-order valence-electron chi connectivity index (χ3n) is 2.07. The molecule has 0 aliphatic heterocycles. The summed E-state index contributed by atoms with van der Waals surface area (Å²) in [6.07, 6.45) is 0. The lowest BCUT2D eigenvalue weighted by Gasteiger charge is -2.12. The van der Waals surface area contributed by atoms with Crippen LogP contribution in [0.3, 0.4) is 0 Å². The van der Waals surface area contributed by atoms with Crippen LogP contribution in [-0.4, -0.2) is 18.8 Å². The van der Waals surface area contributed by atoms with E-state index in [-0.39, 0.29) is 12.6 Å². The molecule has 3 N–H and O–H groups in total. The third kappa shape index (κ3) is 2.38. The van der Waals surface area contributed by atoms with Crippen molar-refractivity contribution in [3.63, 3.8) is 0 Å². The van der Waals surface area contributed by atoms with E-state index in [1.165, 1.54) is 0 Å². The Balaban J connectivity index is 3.01. The number of benzene rings is 1. The Labute approximate surface area is 88.4 Å². The molecule has 0 fully saturated rings. The zero-order valence-corrected chi connectivity index (χ0v) is 8.79. The maximum absolute atomic E-state index is 8.89. The summed E-state index contributed by atoms with van der Waals surface area (Å²) >= 11 is 5.75. The molecular formula is C10H14ClNO2. The Hall–Kier alpha value is -0.770. The van der Waals surface area contributed by atoms with E-state index in [1.807, 2.05) is 18.2 Å². The fourth-order valence-electron chi connectivity index (χ4n) is 1.24. The monoisotopic (exact) mass is 215 g/mol. The molecule has 3 nitrogen and oxygen atoms in total. The quantitative estimate of drug-likeness (QED) is 0.748. The zero-order chi connectivity index (χ0) is 10.6. The number of rotatable bonds is 4. The second-order valence-corrected chi connectivity index (χ2v) is 3.26. The van der Waals surface area contributed by atoms with Crippen LogP contribution in [0, 0.1) is 0 Å². The number of hydrogen-bond donors (Lipinski definition) is 2. The van der Waals surface area contributed by atoms with E-state index in [9.17, 15) is 0 Å². The third-order valence-corrected chi connectivity index (χ3v) is 2.36. The summed E-state index contributed by atoms with van der Waals surface area (Å²) in [5, 5.41) is 8.89. The number of hydrogen-bond acceptors (Lipinski definition) is 3. The summed E-state index contributed by atoms with van der Waals surface area (Å²) in [5.74, 6) is 1.11. The number of nitrogens with two attached hydrogens (primary N) is 1. The highest BCUT2D eigenvalue weighted by Gasteiger charge is 2.08. The van der Waals surface area contributed by atoms with Crippen LogP contribution in [0.4, 0.5) is 0 Å². The van der Waals surface area contributed by atoms with Gasteiger partial charge in [-0.05, 0) is 17.7 Å². The zero-order valence-electron chi connectivity index (χ0n) is 8.03. The molecule has 0 aliphatic carbocycles. The first-order valence-electron chi connectivity index (χ1n) is 4.32. The first-order valence-corrected chi connectivity index (χ1v) is 4.85. The van der Waals surface area contributed by atoms with Gasteiger partial charge in [-0.25, -0.2) is 0 Å². The Morgan fingerprint density at radius 1 is 1.57 bits per heavy atom. The van der Waals surface area contributed by atoms with E-state index in [4.69, 9.17) is 27.2 Å². The Bertz CT molecular complexity index is 304. The number of methoxy groups -OCH3 is 1. The van der Waals surface area contributed by atoms with Crippen LogP contribution in [0.1, 0.15) is 17.2 Å². The van der Waals surface area contributed by atoms with E-state index < -0.39 is 0 Å². The maximum Gasteiger partial charge on any atom is 0.123 e. The smallest absolute Gasteiger partial charge is 0.123 e. The standard InChI is InChI=1S/C10H14ClNO2/c1-14-10-3-2-7(9(12)6-13)4-8(10)5-11/h2-4,9,13H,5-6,12H2,1H3/t9-/m0/s1. The molecule has 0 saturated carbocycles. The predicted molar refractivity (Wildman–Crippen MR) is 56.6 cm³/mol. The molecule has 0 aromatic heterocycles. The fourth-order valence-corrected chi connectivity index (χ4v) is 1.45. The van der Waals surface area contributed by atoms with Gasteiger partial charge in [0.1, 0.15) is 5.75 Å². The van der Waals surface area contributed by atoms with Gasteiger partial charge in [0.05, 0.1) is 25.6 Å². The largest absolute Gasteiger partial charge is 0.496 e. The van der Waals surface area contributed by atoms with Crippen molar-refractivity contribution < 1.29 is 9.84 Å². The second-order valence-electron chi connectivity index (χ2n) is 2.99. The molecule has 0 aliphatic rings. The first kappa shape index (κ1) is 11.3. The van der Waals surface area contributed by atoms with Gasteiger partial charge in [0.15, 0.2) is 0 Å². The van der Waals surface area contributed by atoms with Crippen molar-refractivity contribution in [3.05, 3.63) is 29.3 Å². The average molecular weight is 216 g/mol. The van der Waals surface area contributed by atoms with Gasteiger partial charge < -0.3 is 15.6 Å². The van der Waals surface area contributed by atoms with Crippen molar-refractivity contribution in [1.29, 1.82) is 0 Å². The van der Waals surface area contributed by atoms with Crippen LogP contribution in [0.15, 0.2) is 18.2 Å². The normalized spacial score (nSPS) is 12.6. The lowest BCUT2D eigenvalue weighted by molar-refractivity contribution is 0.268. The molecule has 0 saturated heterocycles. The summed E-state index contributed by atoms with van der Waals surface area (Å²) < 4.78 is 5.12.